The van der Waals surface area contributed by atoms with Crippen LogP contribution in [-0.2, 0) is 9.53 Å². The average molecular weight is 435 g/mol. The Bertz CT molecular complexity index is 921. The second kappa shape index (κ2) is 8.10. The van der Waals surface area contributed by atoms with Crippen molar-refractivity contribution in [3.05, 3.63) is 35.7 Å². The van der Waals surface area contributed by atoms with Gasteiger partial charge in [-0.25, -0.2) is 0 Å². The first-order valence-electron chi connectivity index (χ1n) is 12.5. The highest BCUT2D eigenvalue weighted by Crippen LogP contribution is 2.67. The summed E-state index contributed by atoms with van der Waals surface area (Å²) in [7, 11) is 0. The number of esters is 1. The lowest BCUT2D eigenvalue weighted by Crippen LogP contribution is -2.56. The first-order valence-corrected chi connectivity index (χ1v) is 12.5. The van der Waals surface area contributed by atoms with E-state index < -0.39 is 5.60 Å². The van der Waals surface area contributed by atoms with Crippen molar-refractivity contribution in [1.29, 1.82) is 0 Å². The number of rotatable bonds is 3. The third kappa shape index (κ3) is 4.55. The molecular weight excluding hydrogens is 396 g/mol. The number of hydrogen-bond donors (Lipinski definition) is 1. The molecular formula is C28H38N2O2. The summed E-state index contributed by atoms with van der Waals surface area (Å²) in [5.41, 5.74) is 2.07. The van der Waals surface area contributed by atoms with E-state index in [0.29, 0.717) is 12.5 Å². The standard InChI is InChI=1S/C28H38N2O2/c1-19-7-5-8-20(17-29-19)9-10-21-15-23(21)26-22-11-14-30(18-25(31)32-27(2,3)4)28(12-6-13-28)16-24(22)26/h5,7-8,17,21-24,26,29H,6,11-16,18H2,1-4H3. The third-order valence-electron chi connectivity index (χ3n) is 8.25. The zero-order chi connectivity index (χ0) is 22.5. The van der Waals surface area contributed by atoms with E-state index in [-0.39, 0.29) is 11.5 Å². The predicted octanol–water partition coefficient (Wildman–Crippen LogP) is 4.80. The number of nitrogens with one attached hydrogen (secondary N) is 1. The number of likely N-dealkylation sites (tertiary alicyclic amines) is 1. The number of fused-ring (bicyclic) bond motifs is 1. The smallest absolute Gasteiger partial charge is 0.320 e. The summed E-state index contributed by atoms with van der Waals surface area (Å²) < 4.78 is 5.64. The van der Waals surface area contributed by atoms with E-state index in [1.54, 1.807) is 0 Å². The van der Waals surface area contributed by atoms with Crippen LogP contribution in [0.1, 0.15) is 66.2 Å². The first kappa shape index (κ1) is 21.8. The van der Waals surface area contributed by atoms with Gasteiger partial charge in [0.2, 0.25) is 0 Å². The molecule has 0 amide bonds. The van der Waals surface area contributed by atoms with Crippen LogP contribution in [0.25, 0.3) is 0 Å². The van der Waals surface area contributed by atoms with Gasteiger partial charge < -0.3 is 10.1 Å². The molecule has 1 saturated heterocycles. The lowest BCUT2D eigenvalue weighted by Gasteiger charge is -2.50. The van der Waals surface area contributed by atoms with E-state index in [1.807, 2.05) is 27.0 Å². The van der Waals surface area contributed by atoms with Crippen molar-refractivity contribution in [3.63, 3.8) is 0 Å². The zero-order valence-electron chi connectivity index (χ0n) is 20.1. The number of hydrogen-bond acceptors (Lipinski definition) is 4. The molecule has 2 heterocycles. The molecule has 0 aromatic heterocycles. The second-order valence-electron chi connectivity index (χ2n) is 11.7. The Labute approximate surface area is 193 Å². The molecule has 0 aromatic carbocycles. The van der Waals surface area contributed by atoms with E-state index in [4.69, 9.17) is 4.74 Å². The molecule has 5 aliphatic rings. The quantitative estimate of drug-likeness (QED) is 0.512. The number of carbonyl (C=O) groups is 1. The van der Waals surface area contributed by atoms with E-state index in [9.17, 15) is 4.79 Å². The molecule has 3 aliphatic carbocycles. The number of allylic oxidation sites excluding steroid dienone is 5. The van der Waals surface area contributed by atoms with Gasteiger partial charge >= 0.3 is 5.97 Å². The third-order valence-corrected chi connectivity index (χ3v) is 8.25. The Hall–Kier alpha value is -1.99. The molecule has 1 N–H and O–H groups in total. The Balaban J connectivity index is 1.17. The van der Waals surface area contributed by atoms with Crippen LogP contribution in [0.2, 0.25) is 0 Å². The molecule has 172 valence electrons. The van der Waals surface area contributed by atoms with E-state index in [1.165, 1.54) is 38.5 Å². The molecule has 4 heteroatoms. The van der Waals surface area contributed by atoms with Crippen LogP contribution in [0, 0.1) is 41.4 Å². The molecule has 1 spiro atoms. The van der Waals surface area contributed by atoms with Gasteiger partial charge in [-0.1, -0.05) is 17.9 Å². The summed E-state index contributed by atoms with van der Waals surface area (Å²) in [6.45, 7) is 9.45. The maximum absolute atomic E-state index is 12.5. The molecule has 4 fully saturated rings. The number of carbonyl (C=O) groups excluding carboxylic acids is 1. The Morgan fingerprint density at radius 1 is 1.28 bits per heavy atom. The SMILES string of the molecule is CC1=CC=CC(C#CC2CC2C2C3CCN(CC(=O)OC(C)(C)C)C4(CCC4)CC32)=CN1. The van der Waals surface area contributed by atoms with Gasteiger partial charge in [0, 0.05) is 28.9 Å². The van der Waals surface area contributed by atoms with Crippen LogP contribution in [0.5, 0.6) is 0 Å². The maximum Gasteiger partial charge on any atom is 0.320 e. The summed E-state index contributed by atoms with van der Waals surface area (Å²) in [5.74, 6) is 10.9. The van der Waals surface area contributed by atoms with Gasteiger partial charge in [-0.3, -0.25) is 9.69 Å². The summed E-state index contributed by atoms with van der Waals surface area (Å²) >= 11 is 0. The van der Waals surface area contributed by atoms with Crippen molar-refractivity contribution in [1.82, 2.24) is 10.2 Å². The molecule has 0 bridgehead atoms. The summed E-state index contributed by atoms with van der Waals surface area (Å²) in [6, 6.07) is 0. The summed E-state index contributed by atoms with van der Waals surface area (Å²) in [6.07, 6.45) is 15.8. The molecule has 5 rings (SSSR count). The Morgan fingerprint density at radius 3 is 2.81 bits per heavy atom. The molecule has 4 nitrogen and oxygen atoms in total. The van der Waals surface area contributed by atoms with Gasteiger partial charge in [0.15, 0.2) is 0 Å². The molecule has 5 atom stereocenters. The fraction of sp³-hybridized carbons (Fsp3) is 0.679. The van der Waals surface area contributed by atoms with Crippen LogP contribution >= 0.6 is 0 Å². The van der Waals surface area contributed by atoms with Crippen molar-refractivity contribution < 1.29 is 9.53 Å². The monoisotopic (exact) mass is 434 g/mol. The Kier molecular flexibility index (Phi) is 5.53. The highest BCUT2D eigenvalue weighted by molar-refractivity contribution is 5.72. The average Bonchev–Trinajstić information content (AvgIpc) is 3.54. The van der Waals surface area contributed by atoms with Crippen molar-refractivity contribution in [2.24, 2.45) is 29.6 Å². The van der Waals surface area contributed by atoms with Crippen LogP contribution < -0.4 is 5.32 Å². The minimum absolute atomic E-state index is 0.0600. The highest BCUT2D eigenvalue weighted by Gasteiger charge is 2.64. The second-order valence-corrected chi connectivity index (χ2v) is 11.7. The van der Waals surface area contributed by atoms with Crippen LogP contribution in [0.4, 0.5) is 0 Å². The molecule has 2 aliphatic heterocycles. The number of ether oxygens (including phenoxy) is 1. The lowest BCUT2D eigenvalue weighted by atomic mass is 9.71. The maximum atomic E-state index is 12.5. The van der Waals surface area contributed by atoms with E-state index >= 15 is 0 Å². The molecule has 32 heavy (non-hydrogen) atoms. The van der Waals surface area contributed by atoms with Gasteiger partial charge in [-0.15, -0.1) is 0 Å². The largest absolute Gasteiger partial charge is 0.459 e. The van der Waals surface area contributed by atoms with E-state index in [0.717, 1.165) is 41.5 Å². The highest BCUT2D eigenvalue weighted by atomic mass is 16.6. The lowest BCUT2D eigenvalue weighted by molar-refractivity contribution is -0.159. The zero-order valence-corrected chi connectivity index (χ0v) is 20.1. The van der Waals surface area contributed by atoms with Crippen molar-refractivity contribution in [2.45, 2.75) is 77.4 Å². The van der Waals surface area contributed by atoms with E-state index in [2.05, 4.69) is 47.2 Å². The summed E-state index contributed by atoms with van der Waals surface area (Å²) in [4.78, 5) is 15.0. The van der Waals surface area contributed by atoms with Crippen molar-refractivity contribution in [3.8, 4) is 11.8 Å². The van der Waals surface area contributed by atoms with Crippen molar-refractivity contribution >= 4 is 5.97 Å². The minimum atomic E-state index is -0.404. The molecule has 0 aromatic rings. The predicted molar refractivity (Wildman–Crippen MR) is 127 cm³/mol. The fourth-order valence-corrected chi connectivity index (χ4v) is 6.44. The van der Waals surface area contributed by atoms with Crippen molar-refractivity contribution in [2.75, 3.05) is 13.1 Å². The van der Waals surface area contributed by atoms with Gasteiger partial charge in [0.25, 0.3) is 0 Å². The Morgan fingerprint density at radius 2 is 2.09 bits per heavy atom. The normalized spacial score (nSPS) is 34.9. The van der Waals surface area contributed by atoms with Crippen LogP contribution in [0.15, 0.2) is 35.7 Å². The van der Waals surface area contributed by atoms with Crippen LogP contribution in [0.3, 0.4) is 0 Å². The van der Waals surface area contributed by atoms with Gasteiger partial charge in [0.1, 0.15) is 5.60 Å². The van der Waals surface area contributed by atoms with Gasteiger partial charge in [0.05, 0.1) is 6.54 Å². The molecule has 3 saturated carbocycles. The first-order chi connectivity index (χ1) is 15.2. The van der Waals surface area contributed by atoms with Gasteiger partial charge in [-0.05, 0) is 109 Å². The number of nitrogens with zero attached hydrogens (tertiary/aromatic N) is 1. The topological polar surface area (TPSA) is 41.6 Å². The fourth-order valence-electron chi connectivity index (χ4n) is 6.44. The molecule has 5 unspecified atom stereocenters. The van der Waals surface area contributed by atoms with Gasteiger partial charge in [-0.2, -0.15) is 0 Å². The van der Waals surface area contributed by atoms with Crippen LogP contribution in [-0.4, -0.2) is 35.1 Å². The molecule has 0 radical (unpaired) electrons. The summed E-state index contributed by atoms with van der Waals surface area (Å²) in [5, 5.41) is 3.28. The minimum Gasteiger partial charge on any atom is -0.459 e.